The van der Waals surface area contributed by atoms with Gasteiger partial charge in [-0.2, -0.15) is 0 Å². The highest BCUT2D eigenvalue weighted by molar-refractivity contribution is 9.10. The zero-order valence-corrected chi connectivity index (χ0v) is 15.6. The van der Waals surface area contributed by atoms with Gasteiger partial charge >= 0.3 is 0 Å². The average molecular weight is 398 g/mol. The molecule has 0 radical (unpaired) electrons. The number of aromatic nitrogens is 1. The van der Waals surface area contributed by atoms with E-state index in [1.807, 2.05) is 0 Å². The monoisotopic (exact) mass is 397 g/mol. The largest absolute Gasteiger partial charge is 0.354 e. The van der Waals surface area contributed by atoms with Crippen molar-refractivity contribution in [3.05, 3.63) is 95.5 Å². The summed E-state index contributed by atoms with van der Waals surface area (Å²) >= 11 is 3.73. The van der Waals surface area contributed by atoms with Gasteiger partial charge in [-0.25, -0.2) is 0 Å². The van der Waals surface area contributed by atoms with E-state index in [2.05, 4.69) is 112 Å². The van der Waals surface area contributed by atoms with E-state index in [0.717, 1.165) is 4.47 Å². The second-order valence-corrected chi connectivity index (χ2v) is 7.32. The minimum absolute atomic E-state index is 1.10. The molecule has 124 valence electrons. The molecule has 5 aromatic rings. The first-order valence-corrected chi connectivity index (χ1v) is 9.45. The van der Waals surface area contributed by atoms with Crippen LogP contribution in [0.3, 0.4) is 0 Å². The molecular formula is C24H16BrN. The molecule has 0 aliphatic rings. The number of hydrogen-bond acceptors (Lipinski definition) is 0. The Morgan fingerprint density at radius 2 is 1.31 bits per heavy atom. The summed E-state index contributed by atoms with van der Waals surface area (Å²) < 4.78 is 1.10. The van der Waals surface area contributed by atoms with Gasteiger partial charge in [-0.05, 0) is 41.0 Å². The van der Waals surface area contributed by atoms with E-state index in [4.69, 9.17) is 0 Å². The molecule has 0 spiro atoms. The van der Waals surface area contributed by atoms with Gasteiger partial charge in [0.05, 0.1) is 5.52 Å². The highest BCUT2D eigenvalue weighted by atomic mass is 79.9. The topological polar surface area (TPSA) is 15.8 Å². The molecule has 0 amide bonds. The number of nitrogens with one attached hydrogen (secondary N) is 1. The van der Waals surface area contributed by atoms with Gasteiger partial charge in [0.1, 0.15) is 0 Å². The van der Waals surface area contributed by atoms with Crippen LogP contribution in [0.4, 0.5) is 0 Å². The Bertz CT molecular complexity index is 1240. The van der Waals surface area contributed by atoms with Crippen molar-refractivity contribution in [1.82, 2.24) is 4.98 Å². The van der Waals surface area contributed by atoms with Crippen LogP contribution in [0.1, 0.15) is 0 Å². The lowest BCUT2D eigenvalue weighted by Crippen LogP contribution is -1.85. The third kappa shape index (κ3) is 2.46. The van der Waals surface area contributed by atoms with Gasteiger partial charge in [0, 0.05) is 26.3 Å². The summed E-state index contributed by atoms with van der Waals surface area (Å²) in [6, 6.07) is 32.1. The van der Waals surface area contributed by atoms with Crippen LogP contribution in [0.2, 0.25) is 0 Å². The van der Waals surface area contributed by atoms with Crippen LogP contribution in [0.5, 0.6) is 0 Å². The molecule has 0 atom stereocenters. The Labute approximate surface area is 160 Å². The van der Waals surface area contributed by atoms with E-state index in [-0.39, 0.29) is 0 Å². The van der Waals surface area contributed by atoms with Crippen LogP contribution in [-0.2, 0) is 0 Å². The standard InChI is InChI=1S/C24H16BrN/c25-22-12-6-4-10-18(22)20-14-17(16-8-2-1-3-9-16)15-21-19-11-5-7-13-23(19)26-24(20)21/h1-15,26H. The van der Waals surface area contributed by atoms with E-state index in [1.54, 1.807) is 0 Å². The Kier molecular flexibility index (Phi) is 3.65. The van der Waals surface area contributed by atoms with Gasteiger partial charge in [0.25, 0.3) is 0 Å². The van der Waals surface area contributed by atoms with E-state index >= 15 is 0 Å². The number of hydrogen-bond donors (Lipinski definition) is 1. The van der Waals surface area contributed by atoms with Gasteiger partial charge in [-0.1, -0.05) is 82.7 Å². The van der Waals surface area contributed by atoms with E-state index < -0.39 is 0 Å². The zero-order valence-electron chi connectivity index (χ0n) is 14.0. The van der Waals surface area contributed by atoms with Gasteiger partial charge < -0.3 is 4.98 Å². The fourth-order valence-electron chi connectivity index (χ4n) is 3.64. The molecule has 0 aliphatic heterocycles. The van der Waals surface area contributed by atoms with E-state index in [1.165, 1.54) is 44.1 Å². The number of rotatable bonds is 2. The summed E-state index contributed by atoms with van der Waals surface area (Å²) in [7, 11) is 0. The number of H-pyrrole nitrogens is 1. The van der Waals surface area contributed by atoms with Crippen molar-refractivity contribution in [3.63, 3.8) is 0 Å². The lowest BCUT2D eigenvalue weighted by molar-refractivity contribution is 1.52. The van der Waals surface area contributed by atoms with Crippen LogP contribution in [0.15, 0.2) is 95.5 Å². The molecule has 0 saturated heterocycles. The van der Waals surface area contributed by atoms with E-state index in [9.17, 15) is 0 Å². The van der Waals surface area contributed by atoms with Gasteiger partial charge in [-0.15, -0.1) is 0 Å². The Morgan fingerprint density at radius 3 is 2.15 bits per heavy atom. The number of fused-ring (bicyclic) bond motifs is 3. The zero-order chi connectivity index (χ0) is 17.5. The molecule has 0 bridgehead atoms. The predicted octanol–water partition coefficient (Wildman–Crippen LogP) is 7.42. The second kappa shape index (κ2) is 6.15. The summed E-state index contributed by atoms with van der Waals surface area (Å²) in [5, 5.41) is 2.52. The fourth-order valence-corrected chi connectivity index (χ4v) is 4.14. The van der Waals surface area contributed by atoms with E-state index in [0.29, 0.717) is 0 Å². The minimum atomic E-state index is 1.10. The summed E-state index contributed by atoms with van der Waals surface area (Å²) in [6.45, 7) is 0. The van der Waals surface area contributed by atoms with Gasteiger partial charge in [-0.3, -0.25) is 0 Å². The lowest BCUT2D eigenvalue weighted by Gasteiger charge is -2.10. The Morgan fingerprint density at radius 1 is 0.577 bits per heavy atom. The molecule has 4 aromatic carbocycles. The van der Waals surface area contributed by atoms with Crippen molar-refractivity contribution in [2.45, 2.75) is 0 Å². The number of para-hydroxylation sites is 1. The van der Waals surface area contributed by atoms with Crippen LogP contribution in [0, 0.1) is 0 Å². The van der Waals surface area contributed by atoms with Crippen molar-refractivity contribution < 1.29 is 0 Å². The molecule has 1 N–H and O–H groups in total. The molecule has 2 heteroatoms. The summed E-state index contributed by atoms with van der Waals surface area (Å²) in [5.74, 6) is 0. The van der Waals surface area contributed by atoms with Gasteiger partial charge in [0.15, 0.2) is 0 Å². The maximum absolute atomic E-state index is 3.73. The van der Waals surface area contributed by atoms with Crippen molar-refractivity contribution in [2.75, 3.05) is 0 Å². The second-order valence-electron chi connectivity index (χ2n) is 6.46. The molecule has 0 saturated carbocycles. The number of aromatic amines is 1. The third-order valence-corrected chi connectivity index (χ3v) is 5.58. The maximum Gasteiger partial charge on any atom is 0.0545 e. The average Bonchev–Trinajstić information content (AvgIpc) is 3.07. The molecule has 5 rings (SSSR count). The Hall–Kier alpha value is -2.84. The smallest absolute Gasteiger partial charge is 0.0545 e. The van der Waals surface area contributed by atoms with Crippen molar-refractivity contribution in [3.8, 4) is 22.3 Å². The molecule has 1 nitrogen and oxygen atoms in total. The van der Waals surface area contributed by atoms with Gasteiger partial charge in [0.2, 0.25) is 0 Å². The summed E-state index contributed by atoms with van der Waals surface area (Å²) in [5.41, 5.74) is 7.22. The fraction of sp³-hybridized carbons (Fsp3) is 0. The first kappa shape index (κ1) is 15.4. The highest BCUT2D eigenvalue weighted by Gasteiger charge is 2.14. The first-order valence-electron chi connectivity index (χ1n) is 8.66. The maximum atomic E-state index is 3.73. The number of benzene rings is 4. The SMILES string of the molecule is Brc1ccccc1-c1cc(-c2ccccc2)cc2c1[nH]c1ccccc12. The molecule has 0 fully saturated rings. The van der Waals surface area contributed by atoms with Crippen LogP contribution in [0.25, 0.3) is 44.1 Å². The molecule has 0 aliphatic carbocycles. The Balaban J connectivity index is 1.92. The van der Waals surface area contributed by atoms with Crippen LogP contribution >= 0.6 is 15.9 Å². The summed E-state index contributed by atoms with van der Waals surface area (Å²) in [4.78, 5) is 3.63. The van der Waals surface area contributed by atoms with Crippen LogP contribution in [-0.4, -0.2) is 4.98 Å². The highest BCUT2D eigenvalue weighted by Crippen LogP contribution is 2.39. The van der Waals surface area contributed by atoms with Crippen LogP contribution < -0.4 is 0 Å². The van der Waals surface area contributed by atoms with Crippen molar-refractivity contribution >= 4 is 37.7 Å². The predicted molar refractivity (Wildman–Crippen MR) is 114 cm³/mol. The third-order valence-electron chi connectivity index (χ3n) is 4.89. The minimum Gasteiger partial charge on any atom is -0.354 e. The molecular weight excluding hydrogens is 382 g/mol. The lowest BCUT2D eigenvalue weighted by atomic mass is 9.95. The molecule has 1 aromatic heterocycles. The first-order chi connectivity index (χ1) is 12.8. The quantitative estimate of drug-likeness (QED) is 0.319. The summed E-state index contributed by atoms with van der Waals surface area (Å²) in [6.07, 6.45) is 0. The normalized spacial score (nSPS) is 11.3. The van der Waals surface area contributed by atoms with Crippen molar-refractivity contribution in [2.24, 2.45) is 0 Å². The molecule has 26 heavy (non-hydrogen) atoms. The molecule has 1 heterocycles. The number of halogens is 1. The molecule has 0 unspecified atom stereocenters. The van der Waals surface area contributed by atoms with Crippen molar-refractivity contribution in [1.29, 1.82) is 0 Å².